The standard InChI is InChI=1S/C15H20ClNO2/c1-11(8-12-2-4-14(16)5-3-12)17-7-6-13(10-17)9-15(18)19/h2-5,11,13H,6-10H2,1H3,(H,18,19). The summed E-state index contributed by atoms with van der Waals surface area (Å²) in [5, 5.41) is 9.59. The van der Waals surface area contributed by atoms with Crippen LogP contribution in [0.15, 0.2) is 24.3 Å². The molecule has 0 aliphatic carbocycles. The van der Waals surface area contributed by atoms with E-state index in [9.17, 15) is 4.79 Å². The van der Waals surface area contributed by atoms with Crippen molar-refractivity contribution in [2.75, 3.05) is 13.1 Å². The predicted octanol–water partition coefficient (Wildman–Crippen LogP) is 3.07. The lowest BCUT2D eigenvalue weighted by molar-refractivity contribution is -0.138. The van der Waals surface area contributed by atoms with E-state index in [-0.39, 0.29) is 0 Å². The maximum atomic E-state index is 10.7. The Hall–Kier alpha value is -1.06. The third-order valence-electron chi connectivity index (χ3n) is 3.85. The first-order chi connectivity index (χ1) is 9.04. The quantitative estimate of drug-likeness (QED) is 0.902. The van der Waals surface area contributed by atoms with Crippen LogP contribution >= 0.6 is 11.6 Å². The lowest BCUT2D eigenvalue weighted by atomic mass is 10.0. The largest absolute Gasteiger partial charge is 0.481 e. The second-order valence-corrected chi connectivity index (χ2v) is 5.86. The number of benzene rings is 1. The van der Waals surface area contributed by atoms with Gasteiger partial charge in [-0.1, -0.05) is 23.7 Å². The highest BCUT2D eigenvalue weighted by atomic mass is 35.5. The van der Waals surface area contributed by atoms with Crippen molar-refractivity contribution < 1.29 is 9.90 Å². The molecule has 2 rings (SSSR count). The molecule has 0 radical (unpaired) electrons. The maximum absolute atomic E-state index is 10.7. The smallest absolute Gasteiger partial charge is 0.303 e. The Bertz CT molecular complexity index is 432. The molecule has 1 heterocycles. The van der Waals surface area contributed by atoms with Gasteiger partial charge in [-0.3, -0.25) is 4.79 Å². The van der Waals surface area contributed by atoms with Gasteiger partial charge in [0.1, 0.15) is 0 Å². The van der Waals surface area contributed by atoms with E-state index < -0.39 is 5.97 Å². The zero-order valence-corrected chi connectivity index (χ0v) is 11.9. The number of carboxylic acid groups (broad SMARTS) is 1. The molecule has 1 aromatic rings. The fraction of sp³-hybridized carbons (Fsp3) is 0.533. The molecule has 1 aliphatic heterocycles. The maximum Gasteiger partial charge on any atom is 0.303 e. The van der Waals surface area contributed by atoms with E-state index in [1.165, 1.54) is 5.56 Å². The first kappa shape index (κ1) is 14.4. The Morgan fingerprint density at radius 1 is 1.47 bits per heavy atom. The van der Waals surface area contributed by atoms with Crippen molar-refractivity contribution in [2.45, 2.75) is 32.2 Å². The van der Waals surface area contributed by atoms with E-state index in [0.29, 0.717) is 18.4 Å². The van der Waals surface area contributed by atoms with Gasteiger partial charge in [-0.05, 0) is 49.9 Å². The fourth-order valence-corrected chi connectivity index (χ4v) is 2.89. The number of carboxylic acids is 1. The number of likely N-dealkylation sites (tertiary alicyclic amines) is 1. The van der Waals surface area contributed by atoms with Crippen molar-refractivity contribution in [3.63, 3.8) is 0 Å². The highest BCUT2D eigenvalue weighted by molar-refractivity contribution is 6.30. The molecule has 1 saturated heterocycles. The van der Waals surface area contributed by atoms with Crippen LogP contribution in [0.5, 0.6) is 0 Å². The molecule has 1 aliphatic rings. The number of hydrogen-bond donors (Lipinski definition) is 1. The van der Waals surface area contributed by atoms with Crippen molar-refractivity contribution in [3.05, 3.63) is 34.9 Å². The van der Waals surface area contributed by atoms with E-state index in [4.69, 9.17) is 16.7 Å². The first-order valence-electron chi connectivity index (χ1n) is 6.75. The van der Waals surface area contributed by atoms with Gasteiger partial charge in [0.05, 0.1) is 0 Å². The molecule has 0 amide bonds. The minimum atomic E-state index is -0.683. The molecular weight excluding hydrogens is 262 g/mol. The Morgan fingerprint density at radius 2 is 2.16 bits per heavy atom. The molecule has 1 fully saturated rings. The average Bonchev–Trinajstić information content (AvgIpc) is 2.80. The number of aliphatic carboxylic acids is 1. The summed E-state index contributed by atoms with van der Waals surface area (Å²) in [6.07, 6.45) is 2.28. The first-order valence-corrected chi connectivity index (χ1v) is 7.12. The van der Waals surface area contributed by atoms with Crippen LogP contribution in [0, 0.1) is 5.92 Å². The van der Waals surface area contributed by atoms with Crippen molar-refractivity contribution in [1.82, 2.24) is 4.90 Å². The Kier molecular flexibility index (Phi) is 4.83. The van der Waals surface area contributed by atoms with Gasteiger partial charge < -0.3 is 10.0 Å². The van der Waals surface area contributed by atoms with Crippen molar-refractivity contribution in [3.8, 4) is 0 Å². The molecule has 0 bridgehead atoms. The van der Waals surface area contributed by atoms with E-state index in [1.807, 2.05) is 12.1 Å². The minimum absolute atomic E-state index is 0.296. The van der Waals surface area contributed by atoms with E-state index in [1.54, 1.807) is 0 Å². The molecule has 3 nitrogen and oxygen atoms in total. The van der Waals surface area contributed by atoms with E-state index in [2.05, 4.69) is 24.0 Å². The predicted molar refractivity (Wildman–Crippen MR) is 76.6 cm³/mol. The molecule has 4 heteroatoms. The lowest BCUT2D eigenvalue weighted by Crippen LogP contribution is -2.32. The summed E-state index contributed by atoms with van der Waals surface area (Å²) in [4.78, 5) is 13.1. The number of nitrogens with zero attached hydrogens (tertiary/aromatic N) is 1. The van der Waals surface area contributed by atoms with Crippen LogP contribution in [0.4, 0.5) is 0 Å². The Labute approximate surface area is 119 Å². The molecule has 0 saturated carbocycles. The number of rotatable bonds is 5. The third-order valence-corrected chi connectivity index (χ3v) is 4.10. The Balaban J connectivity index is 1.85. The molecule has 1 aromatic carbocycles. The molecule has 19 heavy (non-hydrogen) atoms. The summed E-state index contributed by atoms with van der Waals surface area (Å²) in [5.74, 6) is -0.373. The van der Waals surface area contributed by atoms with Crippen LogP contribution in [0.25, 0.3) is 0 Å². The van der Waals surface area contributed by atoms with Crippen molar-refractivity contribution >= 4 is 17.6 Å². The SMILES string of the molecule is CC(Cc1ccc(Cl)cc1)N1CCC(CC(=O)O)C1. The van der Waals surface area contributed by atoms with Gasteiger partial charge in [-0.2, -0.15) is 0 Å². The number of hydrogen-bond acceptors (Lipinski definition) is 2. The van der Waals surface area contributed by atoms with Crippen LogP contribution in [-0.4, -0.2) is 35.1 Å². The molecule has 0 spiro atoms. The van der Waals surface area contributed by atoms with Crippen LogP contribution in [0.1, 0.15) is 25.3 Å². The van der Waals surface area contributed by atoms with Gasteiger partial charge in [0.25, 0.3) is 0 Å². The van der Waals surface area contributed by atoms with Gasteiger partial charge in [-0.25, -0.2) is 0 Å². The lowest BCUT2D eigenvalue weighted by Gasteiger charge is -2.24. The van der Waals surface area contributed by atoms with Crippen LogP contribution in [-0.2, 0) is 11.2 Å². The zero-order valence-electron chi connectivity index (χ0n) is 11.2. The Morgan fingerprint density at radius 3 is 2.79 bits per heavy atom. The van der Waals surface area contributed by atoms with Crippen molar-refractivity contribution in [2.24, 2.45) is 5.92 Å². The normalized spacial score (nSPS) is 21.5. The molecule has 104 valence electrons. The summed E-state index contributed by atoms with van der Waals surface area (Å²) in [7, 11) is 0. The zero-order chi connectivity index (χ0) is 13.8. The number of halogens is 1. The van der Waals surface area contributed by atoms with Crippen LogP contribution in [0.2, 0.25) is 5.02 Å². The van der Waals surface area contributed by atoms with Gasteiger partial charge in [0.15, 0.2) is 0 Å². The monoisotopic (exact) mass is 281 g/mol. The summed E-state index contributed by atoms with van der Waals surface area (Å²) in [6.45, 7) is 4.12. The van der Waals surface area contributed by atoms with Gasteiger partial charge in [0.2, 0.25) is 0 Å². The summed E-state index contributed by atoms with van der Waals surface area (Å²) < 4.78 is 0. The van der Waals surface area contributed by atoms with Gasteiger partial charge >= 0.3 is 5.97 Å². The van der Waals surface area contributed by atoms with Gasteiger partial charge in [-0.15, -0.1) is 0 Å². The highest BCUT2D eigenvalue weighted by Crippen LogP contribution is 2.23. The second-order valence-electron chi connectivity index (χ2n) is 5.43. The molecule has 0 aromatic heterocycles. The van der Waals surface area contributed by atoms with Crippen molar-refractivity contribution in [1.29, 1.82) is 0 Å². The summed E-state index contributed by atoms with van der Waals surface area (Å²) >= 11 is 5.88. The van der Waals surface area contributed by atoms with Crippen LogP contribution in [0.3, 0.4) is 0 Å². The average molecular weight is 282 g/mol. The highest BCUT2D eigenvalue weighted by Gasteiger charge is 2.27. The third kappa shape index (κ3) is 4.22. The van der Waals surface area contributed by atoms with Gasteiger partial charge in [0, 0.05) is 24.0 Å². The molecular formula is C15H20ClNO2. The molecule has 1 N–H and O–H groups in total. The molecule has 2 unspecified atom stereocenters. The van der Waals surface area contributed by atoms with E-state index >= 15 is 0 Å². The number of carbonyl (C=O) groups is 1. The summed E-state index contributed by atoms with van der Waals surface area (Å²) in [6, 6.07) is 8.40. The second kappa shape index (κ2) is 6.40. The summed E-state index contributed by atoms with van der Waals surface area (Å²) in [5.41, 5.74) is 1.28. The molecule has 2 atom stereocenters. The van der Waals surface area contributed by atoms with E-state index in [0.717, 1.165) is 31.0 Å². The minimum Gasteiger partial charge on any atom is -0.481 e. The van der Waals surface area contributed by atoms with Crippen LogP contribution < -0.4 is 0 Å². The fourth-order valence-electron chi connectivity index (χ4n) is 2.77. The topological polar surface area (TPSA) is 40.5 Å².